The molecule has 0 bridgehead atoms. The van der Waals surface area contributed by atoms with Gasteiger partial charge in [0, 0.05) is 19.5 Å². The van der Waals surface area contributed by atoms with Crippen molar-refractivity contribution < 1.29 is 24.2 Å². The van der Waals surface area contributed by atoms with Crippen LogP contribution >= 0.6 is 0 Å². The molecular formula is C16H19NO5. The molecule has 6 heteroatoms. The van der Waals surface area contributed by atoms with Gasteiger partial charge in [-0.15, -0.1) is 0 Å². The number of carbonyl (C=O) groups excluding carboxylic acids is 1. The lowest BCUT2D eigenvalue weighted by atomic mass is 10.1. The first-order chi connectivity index (χ1) is 10.6. The quantitative estimate of drug-likeness (QED) is 0.892. The maximum atomic E-state index is 12.3. The normalized spacial score (nSPS) is 22.0. The number of benzene rings is 1. The second kappa shape index (κ2) is 5.87. The SMILES string of the molecule is CN(CCC(=O)O)C(=O)C1CC1c1ccc2c(c1)OCCO2. The molecule has 1 amide bonds. The Bertz CT molecular complexity index is 600. The van der Waals surface area contributed by atoms with Crippen molar-refractivity contribution in [2.75, 3.05) is 26.8 Å². The van der Waals surface area contributed by atoms with E-state index in [1.54, 1.807) is 7.05 Å². The Balaban J connectivity index is 1.61. The van der Waals surface area contributed by atoms with Crippen molar-refractivity contribution in [3.8, 4) is 11.5 Å². The van der Waals surface area contributed by atoms with E-state index in [9.17, 15) is 9.59 Å². The van der Waals surface area contributed by atoms with Gasteiger partial charge in [-0.3, -0.25) is 9.59 Å². The van der Waals surface area contributed by atoms with Crippen molar-refractivity contribution in [2.45, 2.75) is 18.8 Å². The molecule has 0 spiro atoms. The van der Waals surface area contributed by atoms with E-state index in [-0.39, 0.29) is 30.7 Å². The lowest BCUT2D eigenvalue weighted by Gasteiger charge is -2.19. The number of fused-ring (bicyclic) bond motifs is 1. The molecule has 0 aromatic heterocycles. The van der Waals surface area contributed by atoms with Crippen LogP contribution in [0.2, 0.25) is 0 Å². The molecule has 1 aromatic rings. The van der Waals surface area contributed by atoms with Gasteiger partial charge >= 0.3 is 5.97 Å². The van der Waals surface area contributed by atoms with Crippen LogP contribution in [0.15, 0.2) is 18.2 Å². The highest BCUT2D eigenvalue weighted by Crippen LogP contribution is 2.50. The van der Waals surface area contributed by atoms with E-state index in [0.29, 0.717) is 13.2 Å². The van der Waals surface area contributed by atoms with Gasteiger partial charge < -0.3 is 19.5 Å². The molecule has 1 aromatic carbocycles. The fourth-order valence-electron chi connectivity index (χ4n) is 2.78. The van der Waals surface area contributed by atoms with Gasteiger partial charge in [0.15, 0.2) is 11.5 Å². The van der Waals surface area contributed by atoms with Crippen LogP contribution in [-0.2, 0) is 9.59 Å². The first-order valence-electron chi connectivity index (χ1n) is 7.42. The Morgan fingerprint density at radius 3 is 2.73 bits per heavy atom. The van der Waals surface area contributed by atoms with Gasteiger partial charge in [-0.05, 0) is 30.0 Å². The summed E-state index contributed by atoms with van der Waals surface area (Å²) < 4.78 is 11.1. The zero-order chi connectivity index (χ0) is 15.7. The molecule has 1 fully saturated rings. The van der Waals surface area contributed by atoms with Gasteiger partial charge in [0.25, 0.3) is 0 Å². The van der Waals surface area contributed by atoms with E-state index in [1.807, 2.05) is 18.2 Å². The highest BCUT2D eigenvalue weighted by atomic mass is 16.6. The second-order valence-corrected chi connectivity index (χ2v) is 5.76. The minimum Gasteiger partial charge on any atom is -0.486 e. The Morgan fingerprint density at radius 2 is 2.00 bits per heavy atom. The third-order valence-corrected chi connectivity index (χ3v) is 4.14. The zero-order valence-electron chi connectivity index (χ0n) is 12.4. The molecule has 3 rings (SSSR count). The lowest BCUT2D eigenvalue weighted by Crippen LogP contribution is -2.30. The Hall–Kier alpha value is -2.24. The highest BCUT2D eigenvalue weighted by molar-refractivity contribution is 5.83. The standard InChI is InChI=1S/C16H19NO5/c1-17(5-4-15(18)19)16(20)12-9-11(12)10-2-3-13-14(8-10)22-7-6-21-13/h2-3,8,11-12H,4-7,9H2,1H3,(H,18,19). The molecule has 2 unspecified atom stereocenters. The van der Waals surface area contributed by atoms with Crippen molar-refractivity contribution in [3.63, 3.8) is 0 Å². The molecule has 0 saturated heterocycles. The molecule has 1 aliphatic heterocycles. The molecule has 22 heavy (non-hydrogen) atoms. The highest BCUT2D eigenvalue weighted by Gasteiger charge is 2.45. The summed E-state index contributed by atoms with van der Waals surface area (Å²) in [5, 5.41) is 8.68. The van der Waals surface area contributed by atoms with Crippen LogP contribution in [0, 0.1) is 5.92 Å². The van der Waals surface area contributed by atoms with E-state index in [1.165, 1.54) is 4.90 Å². The minimum atomic E-state index is -0.890. The number of aliphatic carboxylic acids is 1. The number of carboxylic acids is 1. The zero-order valence-corrected chi connectivity index (χ0v) is 12.4. The topological polar surface area (TPSA) is 76.1 Å². The van der Waals surface area contributed by atoms with Gasteiger partial charge in [0.05, 0.1) is 6.42 Å². The maximum absolute atomic E-state index is 12.3. The summed E-state index contributed by atoms with van der Waals surface area (Å²) in [5.41, 5.74) is 1.08. The van der Waals surface area contributed by atoms with E-state index in [0.717, 1.165) is 23.5 Å². The molecule has 2 atom stereocenters. The van der Waals surface area contributed by atoms with Crippen molar-refractivity contribution >= 4 is 11.9 Å². The van der Waals surface area contributed by atoms with E-state index in [4.69, 9.17) is 14.6 Å². The molecule has 0 radical (unpaired) electrons. The third-order valence-electron chi connectivity index (χ3n) is 4.14. The number of hydrogen-bond acceptors (Lipinski definition) is 4. The van der Waals surface area contributed by atoms with Crippen LogP contribution in [0.3, 0.4) is 0 Å². The summed E-state index contributed by atoms with van der Waals surface area (Å²) >= 11 is 0. The number of ether oxygens (including phenoxy) is 2. The summed E-state index contributed by atoms with van der Waals surface area (Å²) in [7, 11) is 1.66. The summed E-state index contributed by atoms with van der Waals surface area (Å²) in [4.78, 5) is 24.3. The summed E-state index contributed by atoms with van der Waals surface area (Å²) in [6.07, 6.45) is 0.777. The van der Waals surface area contributed by atoms with E-state index >= 15 is 0 Å². The Morgan fingerprint density at radius 1 is 1.27 bits per heavy atom. The predicted octanol–water partition coefficient (Wildman–Crippen LogP) is 1.49. The fourth-order valence-corrected chi connectivity index (χ4v) is 2.78. The lowest BCUT2D eigenvalue weighted by molar-refractivity contribution is -0.138. The molecule has 1 saturated carbocycles. The molecule has 118 valence electrons. The second-order valence-electron chi connectivity index (χ2n) is 5.76. The van der Waals surface area contributed by atoms with Crippen LogP contribution in [0.1, 0.15) is 24.3 Å². The van der Waals surface area contributed by atoms with E-state index < -0.39 is 5.97 Å². The Kier molecular flexibility index (Phi) is 3.92. The molecule has 2 aliphatic rings. The third kappa shape index (κ3) is 3.00. The van der Waals surface area contributed by atoms with Crippen molar-refractivity contribution in [1.82, 2.24) is 4.90 Å². The number of amides is 1. The van der Waals surface area contributed by atoms with E-state index in [2.05, 4.69) is 0 Å². The van der Waals surface area contributed by atoms with Crippen LogP contribution < -0.4 is 9.47 Å². The van der Waals surface area contributed by atoms with Crippen LogP contribution in [0.5, 0.6) is 11.5 Å². The molecule has 1 N–H and O–H groups in total. The van der Waals surface area contributed by atoms with Crippen LogP contribution in [-0.4, -0.2) is 48.7 Å². The first kappa shape index (κ1) is 14.7. The van der Waals surface area contributed by atoms with Crippen molar-refractivity contribution in [1.29, 1.82) is 0 Å². The minimum absolute atomic E-state index is 0.0149. The van der Waals surface area contributed by atoms with Gasteiger partial charge in [-0.1, -0.05) is 6.07 Å². The summed E-state index contributed by atoms with van der Waals surface area (Å²) in [6.45, 7) is 1.35. The van der Waals surface area contributed by atoms with Crippen molar-refractivity contribution in [2.24, 2.45) is 5.92 Å². The molecule has 1 aliphatic carbocycles. The number of carboxylic acid groups (broad SMARTS) is 1. The number of carbonyl (C=O) groups is 2. The summed E-state index contributed by atoms with van der Waals surface area (Å²) in [6, 6.07) is 5.81. The summed E-state index contributed by atoms with van der Waals surface area (Å²) in [5.74, 6) is 0.745. The van der Waals surface area contributed by atoms with Crippen LogP contribution in [0.25, 0.3) is 0 Å². The largest absolute Gasteiger partial charge is 0.486 e. The predicted molar refractivity (Wildman–Crippen MR) is 78.2 cm³/mol. The smallest absolute Gasteiger partial charge is 0.305 e. The maximum Gasteiger partial charge on any atom is 0.305 e. The van der Waals surface area contributed by atoms with Crippen molar-refractivity contribution in [3.05, 3.63) is 23.8 Å². The number of nitrogens with zero attached hydrogens (tertiary/aromatic N) is 1. The number of rotatable bonds is 5. The van der Waals surface area contributed by atoms with Gasteiger partial charge in [0.2, 0.25) is 5.91 Å². The van der Waals surface area contributed by atoms with Gasteiger partial charge in [-0.2, -0.15) is 0 Å². The monoisotopic (exact) mass is 305 g/mol. The Labute approximate surface area is 128 Å². The molecule has 6 nitrogen and oxygen atoms in total. The molecule has 1 heterocycles. The fraction of sp³-hybridized carbons (Fsp3) is 0.500. The van der Waals surface area contributed by atoms with Gasteiger partial charge in [-0.25, -0.2) is 0 Å². The number of hydrogen-bond donors (Lipinski definition) is 1. The van der Waals surface area contributed by atoms with Gasteiger partial charge in [0.1, 0.15) is 13.2 Å². The molecular weight excluding hydrogens is 286 g/mol. The van der Waals surface area contributed by atoms with Crippen LogP contribution in [0.4, 0.5) is 0 Å². The average Bonchev–Trinajstić information content (AvgIpc) is 3.32. The average molecular weight is 305 g/mol. The first-order valence-corrected chi connectivity index (χ1v) is 7.42.